The Labute approximate surface area is 219 Å². The molecular weight excluding hydrogens is 496 g/mol. The predicted molar refractivity (Wildman–Crippen MR) is 145 cm³/mol. The van der Waals surface area contributed by atoms with Gasteiger partial charge in [-0.3, -0.25) is 15.0 Å². The number of nitrogens with zero attached hydrogens (tertiary/aromatic N) is 5. The van der Waals surface area contributed by atoms with Crippen LogP contribution in [0.2, 0.25) is 5.02 Å². The number of hydrogen-bond acceptors (Lipinski definition) is 5. The molecule has 0 aliphatic carbocycles. The Morgan fingerprint density at radius 3 is 2.67 bits per heavy atom. The van der Waals surface area contributed by atoms with Crippen molar-refractivity contribution in [1.82, 2.24) is 14.5 Å². The van der Waals surface area contributed by atoms with Crippen molar-refractivity contribution >= 4 is 57.3 Å². The van der Waals surface area contributed by atoms with Crippen LogP contribution in [0.25, 0.3) is 11.8 Å². The van der Waals surface area contributed by atoms with Gasteiger partial charge in [0.05, 0.1) is 12.0 Å². The number of aliphatic imine (C=N–C) groups is 1. The topological polar surface area (TPSA) is 94.1 Å². The van der Waals surface area contributed by atoms with Crippen molar-refractivity contribution < 1.29 is 9.59 Å². The molecule has 1 fully saturated rings. The highest BCUT2D eigenvalue weighted by Gasteiger charge is 2.36. The first-order valence-corrected chi connectivity index (χ1v) is 13.1. The number of hydrazone groups is 1. The number of likely N-dealkylation sites (tertiary alicyclic amines) is 1. The number of nitrogens with one attached hydrogen (secondary N) is 1. The van der Waals surface area contributed by atoms with Crippen molar-refractivity contribution in [3.8, 4) is 5.69 Å². The SMILES string of the molecule is Cc1ccc(Cl)cc1-n1c(C)cc(/C=C2/C(=N)N3N=C(CC(=O)N4CCCCC4)SC3=NC2=O)c1C. The van der Waals surface area contributed by atoms with Gasteiger partial charge in [-0.2, -0.15) is 15.1 Å². The number of piperidine rings is 1. The molecule has 1 aromatic heterocycles. The van der Waals surface area contributed by atoms with Crippen LogP contribution >= 0.6 is 23.4 Å². The highest BCUT2D eigenvalue weighted by atomic mass is 35.5. The standard InChI is InChI=1S/C26H27ClN6O2S/c1-15-7-8-19(27)13-21(15)32-16(2)11-18(17(32)3)12-20-24(28)33-26(29-25(20)35)36-22(30-33)14-23(34)31-9-5-4-6-10-31/h7-8,11-13,28H,4-6,9-10,14H2,1-3H3/b20-12-,28-24?. The molecule has 36 heavy (non-hydrogen) atoms. The molecule has 0 radical (unpaired) electrons. The monoisotopic (exact) mass is 522 g/mol. The molecule has 0 saturated carbocycles. The highest BCUT2D eigenvalue weighted by Crippen LogP contribution is 2.32. The van der Waals surface area contributed by atoms with Crippen LogP contribution in [0.5, 0.6) is 0 Å². The quantitative estimate of drug-likeness (QED) is 0.567. The fourth-order valence-electron chi connectivity index (χ4n) is 4.77. The van der Waals surface area contributed by atoms with Gasteiger partial charge in [0.2, 0.25) is 11.1 Å². The first-order valence-electron chi connectivity index (χ1n) is 12.0. The third-order valence-corrected chi connectivity index (χ3v) is 7.83. The number of hydrogen-bond donors (Lipinski definition) is 1. The molecule has 186 valence electrons. The minimum Gasteiger partial charge on any atom is -0.342 e. The lowest BCUT2D eigenvalue weighted by Gasteiger charge is -2.26. The summed E-state index contributed by atoms with van der Waals surface area (Å²) in [7, 11) is 0. The number of carbonyl (C=O) groups is 2. The van der Waals surface area contributed by atoms with Crippen LogP contribution in [0.15, 0.2) is 39.9 Å². The van der Waals surface area contributed by atoms with Crippen molar-refractivity contribution in [3.63, 3.8) is 0 Å². The predicted octanol–water partition coefficient (Wildman–Crippen LogP) is 5.08. The summed E-state index contributed by atoms with van der Waals surface area (Å²) in [6.07, 6.45) is 5.05. The fraction of sp³-hybridized carbons (Fsp3) is 0.346. The van der Waals surface area contributed by atoms with Gasteiger partial charge in [-0.25, -0.2) is 0 Å². The average Bonchev–Trinajstić information content (AvgIpc) is 3.38. The van der Waals surface area contributed by atoms with E-state index >= 15 is 0 Å². The molecule has 1 aromatic carbocycles. The van der Waals surface area contributed by atoms with Gasteiger partial charge in [-0.15, -0.1) is 0 Å². The summed E-state index contributed by atoms with van der Waals surface area (Å²) in [5, 5.41) is 16.0. The minimum atomic E-state index is -0.485. The summed E-state index contributed by atoms with van der Waals surface area (Å²) in [6.45, 7) is 7.54. The van der Waals surface area contributed by atoms with E-state index in [1.54, 1.807) is 6.08 Å². The van der Waals surface area contributed by atoms with E-state index in [-0.39, 0.29) is 23.7 Å². The zero-order valence-corrected chi connectivity index (χ0v) is 22.0. The van der Waals surface area contributed by atoms with Crippen LogP contribution in [0.1, 0.15) is 48.2 Å². The number of amidine groups is 2. The fourth-order valence-corrected chi connectivity index (χ4v) is 5.81. The van der Waals surface area contributed by atoms with E-state index in [9.17, 15) is 9.59 Å². The van der Waals surface area contributed by atoms with E-state index in [0.717, 1.165) is 60.6 Å². The number of fused-ring (bicyclic) bond motifs is 1. The van der Waals surface area contributed by atoms with Gasteiger partial charge in [0.15, 0.2) is 5.84 Å². The van der Waals surface area contributed by atoms with E-state index in [4.69, 9.17) is 17.0 Å². The summed E-state index contributed by atoms with van der Waals surface area (Å²) < 4.78 is 2.09. The van der Waals surface area contributed by atoms with Gasteiger partial charge in [-0.05, 0) is 87.2 Å². The second kappa shape index (κ2) is 9.71. The van der Waals surface area contributed by atoms with Gasteiger partial charge in [0.25, 0.3) is 5.91 Å². The highest BCUT2D eigenvalue weighted by molar-refractivity contribution is 8.27. The number of rotatable bonds is 4. The summed E-state index contributed by atoms with van der Waals surface area (Å²) in [5.41, 5.74) is 4.93. The third kappa shape index (κ3) is 4.53. The normalized spacial score (nSPS) is 19.1. The number of aromatic nitrogens is 1. The van der Waals surface area contributed by atoms with Crippen LogP contribution in [0.3, 0.4) is 0 Å². The molecular formula is C26H27ClN6O2S. The number of halogens is 1. The summed E-state index contributed by atoms with van der Waals surface area (Å²) in [6, 6.07) is 7.73. The number of carbonyl (C=O) groups excluding carboxylic acids is 2. The van der Waals surface area contributed by atoms with Gasteiger partial charge in [0, 0.05) is 35.2 Å². The largest absolute Gasteiger partial charge is 0.342 e. The van der Waals surface area contributed by atoms with Crippen LogP contribution in [-0.2, 0) is 9.59 Å². The second-order valence-corrected chi connectivity index (χ2v) is 10.7. The van der Waals surface area contributed by atoms with Crippen molar-refractivity contribution in [2.45, 2.75) is 46.5 Å². The molecule has 0 bridgehead atoms. The smallest absolute Gasteiger partial charge is 0.283 e. The minimum absolute atomic E-state index is 0.0266. The van der Waals surface area contributed by atoms with E-state index in [2.05, 4.69) is 14.7 Å². The Kier molecular flexibility index (Phi) is 6.61. The van der Waals surface area contributed by atoms with Crippen LogP contribution in [0.4, 0.5) is 0 Å². The Morgan fingerprint density at radius 2 is 1.92 bits per heavy atom. The van der Waals surface area contributed by atoms with Crippen LogP contribution in [-0.4, -0.2) is 55.4 Å². The maximum atomic E-state index is 12.9. The molecule has 8 nitrogen and oxygen atoms in total. The summed E-state index contributed by atoms with van der Waals surface area (Å²) in [5.74, 6) is -0.498. The van der Waals surface area contributed by atoms with E-state index < -0.39 is 5.91 Å². The molecule has 10 heteroatoms. The first kappa shape index (κ1) is 24.5. The molecule has 5 rings (SSSR count). The van der Waals surface area contributed by atoms with E-state index in [0.29, 0.717) is 15.2 Å². The molecule has 1 N–H and O–H groups in total. The van der Waals surface area contributed by atoms with Crippen molar-refractivity contribution in [2.24, 2.45) is 10.1 Å². The molecule has 3 aliphatic heterocycles. The lowest BCUT2D eigenvalue weighted by molar-refractivity contribution is -0.130. The molecule has 4 heterocycles. The molecule has 3 aliphatic rings. The van der Waals surface area contributed by atoms with Gasteiger partial charge in [0.1, 0.15) is 5.04 Å². The van der Waals surface area contributed by atoms with Crippen LogP contribution in [0, 0.1) is 26.2 Å². The maximum Gasteiger partial charge on any atom is 0.283 e. The molecule has 2 amide bonds. The molecule has 1 saturated heterocycles. The van der Waals surface area contributed by atoms with Crippen molar-refractivity contribution in [3.05, 3.63) is 57.4 Å². The summed E-state index contributed by atoms with van der Waals surface area (Å²) in [4.78, 5) is 31.6. The number of thioether (sulfide) groups is 1. The molecule has 0 unspecified atom stereocenters. The van der Waals surface area contributed by atoms with Crippen LogP contribution < -0.4 is 0 Å². The number of aryl methyl sites for hydroxylation is 2. The van der Waals surface area contributed by atoms with E-state index in [1.165, 1.54) is 16.8 Å². The lowest BCUT2D eigenvalue weighted by atomic mass is 10.1. The first-order chi connectivity index (χ1) is 17.2. The zero-order chi connectivity index (χ0) is 25.6. The van der Waals surface area contributed by atoms with Gasteiger partial charge in [-0.1, -0.05) is 17.7 Å². The van der Waals surface area contributed by atoms with Gasteiger partial charge >= 0.3 is 0 Å². The second-order valence-electron chi connectivity index (χ2n) is 9.22. The molecule has 0 spiro atoms. The Balaban J connectivity index is 1.41. The number of amides is 2. The number of benzene rings is 1. The zero-order valence-electron chi connectivity index (χ0n) is 20.5. The Hall–Kier alpha value is -3.17. The lowest BCUT2D eigenvalue weighted by Crippen LogP contribution is -2.36. The van der Waals surface area contributed by atoms with Crippen molar-refractivity contribution in [1.29, 1.82) is 5.41 Å². The van der Waals surface area contributed by atoms with Crippen molar-refractivity contribution in [2.75, 3.05) is 13.1 Å². The Bertz CT molecular complexity index is 1380. The van der Waals surface area contributed by atoms with Gasteiger partial charge < -0.3 is 9.47 Å². The molecule has 0 atom stereocenters. The average molecular weight is 523 g/mol. The third-order valence-electron chi connectivity index (χ3n) is 6.69. The molecule has 2 aromatic rings. The Morgan fingerprint density at radius 1 is 1.17 bits per heavy atom. The van der Waals surface area contributed by atoms with E-state index in [1.807, 2.05) is 49.9 Å². The maximum absolute atomic E-state index is 12.9. The summed E-state index contributed by atoms with van der Waals surface area (Å²) >= 11 is 7.44.